The maximum absolute atomic E-state index is 14.5. The lowest BCUT2D eigenvalue weighted by Gasteiger charge is -2.18. The van der Waals surface area contributed by atoms with Crippen molar-refractivity contribution in [3.63, 3.8) is 0 Å². The molecule has 10 heteroatoms. The summed E-state index contributed by atoms with van der Waals surface area (Å²) >= 11 is 0. The average Bonchev–Trinajstić information content (AvgIpc) is 3.38. The number of nitrogens with one attached hydrogen (secondary N) is 2. The van der Waals surface area contributed by atoms with Crippen molar-refractivity contribution in [3.05, 3.63) is 113 Å². The van der Waals surface area contributed by atoms with Gasteiger partial charge in [0.1, 0.15) is 36.5 Å². The maximum Gasteiger partial charge on any atom is 0.408 e. The summed E-state index contributed by atoms with van der Waals surface area (Å²) < 4.78 is 30.7. The number of hydrogen-bond acceptors (Lipinski definition) is 7. The van der Waals surface area contributed by atoms with Crippen LogP contribution in [0.15, 0.2) is 83.3 Å². The minimum absolute atomic E-state index is 0.00534. The van der Waals surface area contributed by atoms with E-state index in [2.05, 4.69) is 15.6 Å². The highest BCUT2D eigenvalue weighted by atomic mass is 19.1. The van der Waals surface area contributed by atoms with Crippen molar-refractivity contribution in [2.75, 3.05) is 6.54 Å². The summed E-state index contributed by atoms with van der Waals surface area (Å²) in [4.78, 5) is 42.8. The van der Waals surface area contributed by atoms with Crippen LogP contribution in [0.25, 0.3) is 11.3 Å². The molecule has 1 heterocycles. The van der Waals surface area contributed by atoms with Gasteiger partial charge < -0.3 is 24.5 Å². The van der Waals surface area contributed by atoms with Gasteiger partial charge in [-0.25, -0.2) is 19.0 Å². The Morgan fingerprint density at radius 3 is 2.20 bits per heavy atom. The lowest BCUT2D eigenvalue weighted by molar-refractivity contribution is -0.147. The number of carbonyl (C=O) groups excluding carboxylic acids is 3. The number of benzene rings is 3. The molecule has 0 radical (unpaired) electrons. The molecular formula is C31H30FN3O6. The van der Waals surface area contributed by atoms with Crippen molar-refractivity contribution in [2.45, 2.75) is 39.5 Å². The first-order valence-electron chi connectivity index (χ1n) is 13.1. The van der Waals surface area contributed by atoms with Gasteiger partial charge in [0.2, 0.25) is 0 Å². The summed E-state index contributed by atoms with van der Waals surface area (Å²) in [5.74, 6) is -1.09. The van der Waals surface area contributed by atoms with Crippen LogP contribution in [-0.2, 0) is 33.9 Å². The van der Waals surface area contributed by atoms with Gasteiger partial charge in [-0.15, -0.1) is 0 Å². The Kier molecular flexibility index (Phi) is 9.82. The molecule has 0 spiro atoms. The van der Waals surface area contributed by atoms with Crippen LogP contribution in [0.4, 0.5) is 9.18 Å². The Hall–Kier alpha value is -4.99. The van der Waals surface area contributed by atoms with Crippen LogP contribution in [0.2, 0.25) is 0 Å². The third kappa shape index (κ3) is 8.25. The highest BCUT2D eigenvalue weighted by molar-refractivity contribution is 5.96. The number of carbonyl (C=O) groups is 3. The van der Waals surface area contributed by atoms with Gasteiger partial charge in [-0.2, -0.15) is 0 Å². The summed E-state index contributed by atoms with van der Waals surface area (Å²) in [6.07, 6.45) is -0.334. The van der Waals surface area contributed by atoms with E-state index < -0.39 is 29.8 Å². The Labute approximate surface area is 236 Å². The largest absolute Gasteiger partial charge is 0.459 e. The number of hydrogen-bond donors (Lipinski definition) is 2. The van der Waals surface area contributed by atoms with E-state index in [0.29, 0.717) is 29.3 Å². The number of aryl methyl sites for hydroxylation is 2. The Balaban J connectivity index is 1.45. The van der Waals surface area contributed by atoms with Crippen LogP contribution in [-0.4, -0.2) is 35.5 Å². The van der Waals surface area contributed by atoms with E-state index in [4.69, 9.17) is 13.9 Å². The number of esters is 1. The molecule has 0 aliphatic heterocycles. The second-order valence-corrected chi connectivity index (χ2v) is 9.15. The van der Waals surface area contributed by atoms with Crippen LogP contribution < -0.4 is 10.6 Å². The highest BCUT2D eigenvalue weighted by Gasteiger charge is 2.25. The third-order valence-corrected chi connectivity index (χ3v) is 6.04. The van der Waals surface area contributed by atoms with Crippen LogP contribution in [0, 0.1) is 12.7 Å². The molecule has 41 heavy (non-hydrogen) atoms. The van der Waals surface area contributed by atoms with E-state index in [1.807, 2.05) is 19.1 Å². The molecule has 0 saturated heterocycles. The van der Waals surface area contributed by atoms with Gasteiger partial charge in [0.05, 0.1) is 0 Å². The molecule has 2 N–H and O–H groups in total. The first kappa shape index (κ1) is 29.0. The van der Waals surface area contributed by atoms with E-state index in [0.717, 1.165) is 17.2 Å². The van der Waals surface area contributed by atoms with Gasteiger partial charge in [-0.3, -0.25) is 4.79 Å². The van der Waals surface area contributed by atoms with Crippen molar-refractivity contribution in [1.29, 1.82) is 0 Å². The maximum atomic E-state index is 14.5. The van der Waals surface area contributed by atoms with E-state index in [-0.39, 0.29) is 25.3 Å². The van der Waals surface area contributed by atoms with Crippen molar-refractivity contribution in [1.82, 2.24) is 15.6 Å². The molecule has 212 valence electrons. The molecule has 3 aromatic carbocycles. The predicted molar refractivity (Wildman–Crippen MR) is 148 cm³/mol. The zero-order valence-electron chi connectivity index (χ0n) is 22.7. The van der Waals surface area contributed by atoms with E-state index in [1.165, 1.54) is 12.1 Å². The summed E-state index contributed by atoms with van der Waals surface area (Å²) in [5, 5.41) is 5.03. The Morgan fingerprint density at radius 2 is 1.56 bits per heavy atom. The van der Waals surface area contributed by atoms with Gasteiger partial charge in [-0.05, 0) is 29.3 Å². The highest BCUT2D eigenvalue weighted by Crippen LogP contribution is 2.26. The van der Waals surface area contributed by atoms with E-state index in [9.17, 15) is 18.8 Å². The van der Waals surface area contributed by atoms with Gasteiger partial charge in [0.15, 0.2) is 5.89 Å². The Bertz CT molecular complexity index is 1490. The van der Waals surface area contributed by atoms with Gasteiger partial charge in [-0.1, -0.05) is 67.6 Å². The van der Waals surface area contributed by atoms with Crippen LogP contribution >= 0.6 is 0 Å². The zero-order valence-corrected chi connectivity index (χ0v) is 22.7. The zero-order chi connectivity index (χ0) is 29.2. The molecule has 2 amide bonds. The minimum atomic E-state index is -1.27. The molecule has 0 bridgehead atoms. The average molecular weight is 560 g/mol. The van der Waals surface area contributed by atoms with Crippen molar-refractivity contribution in [3.8, 4) is 11.3 Å². The molecule has 0 aliphatic rings. The van der Waals surface area contributed by atoms with Crippen LogP contribution in [0.1, 0.15) is 40.1 Å². The molecule has 4 rings (SSSR count). The normalized spacial score (nSPS) is 11.4. The fourth-order valence-corrected chi connectivity index (χ4v) is 4.02. The monoisotopic (exact) mass is 559 g/mol. The molecule has 9 nitrogen and oxygen atoms in total. The van der Waals surface area contributed by atoms with E-state index >= 15 is 0 Å². The smallest absolute Gasteiger partial charge is 0.408 e. The second kappa shape index (κ2) is 13.9. The van der Waals surface area contributed by atoms with Crippen LogP contribution in [0.5, 0.6) is 0 Å². The number of alkyl carbamates (subject to hydrolysis) is 1. The number of halogens is 1. The second-order valence-electron chi connectivity index (χ2n) is 9.15. The fraction of sp³-hybridized carbons (Fsp3) is 0.226. The third-order valence-electron chi connectivity index (χ3n) is 6.04. The molecule has 1 aromatic heterocycles. The molecule has 0 unspecified atom stereocenters. The first-order chi connectivity index (χ1) is 19.8. The molecule has 0 aliphatic carbocycles. The van der Waals surface area contributed by atoms with Gasteiger partial charge in [0, 0.05) is 31.0 Å². The topological polar surface area (TPSA) is 120 Å². The van der Waals surface area contributed by atoms with Crippen LogP contribution in [0.3, 0.4) is 0 Å². The van der Waals surface area contributed by atoms with E-state index in [1.54, 1.807) is 55.5 Å². The molecular weight excluding hydrogens is 529 g/mol. The van der Waals surface area contributed by atoms with Crippen molar-refractivity contribution >= 4 is 18.0 Å². The Morgan fingerprint density at radius 1 is 0.927 bits per heavy atom. The minimum Gasteiger partial charge on any atom is -0.459 e. The molecule has 1 atom stereocenters. The summed E-state index contributed by atoms with van der Waals surface area (Å²) in [6, 6.07) is 20.6. The standard InChI is InChI=1S/C31H30FN3O6/c1-3-27-28(34-20(2)41-27)23-14-24(16-25(32)15-23)29(36)33-17-26(30(37)39-18-21-10-6-4-7-11-21)35-31(38)40-19-22-12-8-5-9-13-22/h4-16,26H,3,17-19H2,1-2H3,(H,33,36)(H,35,38)/t26-/m1/s1. The number of rotatable bonds is 11. The summed E-state index contributed by atoms with van der Waals surface area (Å²) in [5.41, 5.74) is 2.34. The quantitative estimate of drug-likeness (QED) is 0.245. The lowest BCUT2D eigenvalue weighted by Crippen LogP contribution is -2.49. The number of ether oxygens (including phenoxy) is 2. The summed E-state index contributed by atoms with van der Waals surface area (Å²) in [7, 11) is 0. The first-order valence-corrected chi connectivity index (χ1v) is 13.1. The lowest BCUT2D eigenvalue weighted by atomic mass is 10.1. The number of aromatic nitrogens is 1. The SMILES string of the molecule is CCc1oc(C)nc1-c1cc(F)cc(C(=O)NC[C@@H](NC(=O)OCc2ccccc2)C(=O)OCc2ccccc2)c1. The summed E-state index contributed by atoms with van der Waals surface area (Å²) in [6.45, 7) is 3.19. The number of nitrogens with zero attached hydrogens (tertiary/aromatic N) is 1. The number of oxazole rings is 1. The van der Waals surface area contributed by atoms with Gasteiger partial charge in [0.25, 0.3) is 5.91 Å². The van der Waals surface area contributed by atoms with Gasteiger partial charge >= 0.3 is 12.1 Å². The molecule has 0 saturated carbocycles. The fourth-order valence-electron chi connectivity index (χ4n) is 4.02. The molecule has 0 fully saturated rings. The number of amides is 2. The molecule has 4 aromatic rings. The van der Waals surface area contributed by atoms with Crippen molar-refractivity contribution < 1.29 is 32.7 Å². The van der Waals surface area contributed by atoms with Crippen molar-refractivity contribution in [2.24, 2.45) is 0 Å². The predicted octanol–water partition coefficient (Wildman–Crippen LogP) is 5.12.